The van der Waals surface area contributed by atoms with Crippen LogP contribution in [0.5, 0.6) is 0 Å². The number of primary sulfonamides is 1. The van der Waals surface area contributed by atoms with Crippen LogP contribution in [-0.2, 0) is 10.0 Å². The molecular formula is C22H18N4O3S. The topological polar surface area (TPSA) is 128 Å². The summed E-state index contributed by atoms with van der Waals surface area (Å²) >= 11 is 0. The molecule has 7 nitrogen and oxygen atoms in total. The van der Waals surface area contributed by atoms with Gasteiger partial charge >= 0.3 is 0 Å². The minimum Gasteiger partial charge on any atom is -0.365 e. The van der Waals surface area contributed by atoms with Crippen LogP contribution in [0.3, 0.4) is 0 Å². The minimum atomic E-state index is -3.75. The normalized spacial score (nSPS) is 11.4. The summed E-state index contributed by atoms with van der Waals surface area (Å²) in [7, 11) is -3.75. The molecule has 0 radical (unpaired) electrons. The molecule has 1 aromatic heterocycles. The van der Waals surface area contributed by atoms with Crippen molar-refractivity contribution in [2.45, 2.75) is 4.90 Å². The van der Waals surface area contributed by atoms with E-state index in [1.54, 1.807) is 12.1 Å². The number of benzene rings is 3. The summed E-state index contributed by atoms with van der Waals surface area (Å²) in [5.74, 6) is -0.578. The maximum Gasteiger partial charge on any atom is 0.252 e. The summed E-state index contributed by atoms with van der Waals surface area (Å²) in [5.41, 5.74) is 9.54. The van der Waals surface area contributed by atoms with E-state index < -0.39 is 15.9 Å². The van der Waals surface area contributed by atoms with E-state index >= 15 is 0 Å². The van der Waals surface area contributed by atoms with Gasteiger partial charge in [0.2, 0.25) is 10.0 Å². The van der Waals surface area contributed by atoms with E-state index in [-0.39, 0.29) is 10.5 Å². The largest absolute Gasteiger partial charge is 0.365 e. The second-order valence-electron chi connectivity index (χ2n) is 6.70. The first kappa shape index (κ1) is 19.6. The van der Waals surface area contributed by atoms with Gasteiger partial charge in [-0.1, -0.05) is 42.5 Å². The Morgan fingerprint density at radius 2 is 1.57 bits per heavy atom. The first-order valence-corrected chi connectivity index (χ1v) is 10.6. The number of amides is 1. The third-order valence-electron chi connectivity index (χ3n) is 4.69. The van der Waals surface area contributed by atoms with Gasteiger partial charge in [-0.15, -0.1) is 0 Å². The van der Waals surface area contributed by atoms with Gasteiger partial charge in [-0.2, -0.15) is 0 Å². The number of aromatic nitrogens is 1. The Balaban J connectivity index is 1.80. The highest BCUT2D eigenvalue weighted by Gasteiger charge is 2.15. The molecule has 0 aliphatic rings. The third kappa shape index (κ3) is 3.86. The minimum absolute atomic E-state index is 0.0469. The molecule has 0 saturated carbocycles. The molecule has 0 atom stereocenters. The number of fused-ring (bicyclic) bond motifs is 1. The molecule has 0 fully saturated rings. The van der Waals surface area contributed by atoms with E-state index in [0.717, 1.165) is 22.2 Å². The van der Waals surface area contributed by atoms with Gasteiger partial charge in [-0.3, -0.25) is 9.78 Å². The predicted molar refractivity (Wildman–Crippen MR) is 117 cm³/mol. The molecule has 4 rings (SSSR count). The van der Waals surface area contributed by atoms with Crippen LogP contribution in [0.25, 0.3) is 22.0 Å². The van der Waals surface area contributed by atoms with E-state index in [0.29, 0.717) is 11.2 Å². The van der Waals surface area contributed by atoms with Crippen molar-refractivity contribution in [2.75, 3.05) is 5.32 Å². The van der Waals surface area contributed by atoms with Crippen molar-refractivity contribution >= 4 is 38.2 Å². The monoisotopic (exact) mass is 418 g/mol. The van der Waals surface area contributed by atoms with Gasteiger partial charge in [0.05, 0.1) is 21.7 Å². The van der Waals surface area contributed by atoms with Gasteiger partial charge in [0, 0.05) is 17.3 Å². The van der Waals surface area contributed by atoms with Gasteiger partial charge in [0.1, 0.15) is 0 Å². The highest BCUT2D eigenvalue weighted by Crippen LogP contribution is 2.32. The quantitative estimate of drug-likeness (QED) is 0.458. The number of carbonyl (C=O) groups excluding carboxylic acids is 1. The number of hydrogen-bond acceptors (Lipinski definition) is 5. The lowest BCUT2D eigenvalue weighted by molar-refractivity contribution is 0.100. The number of nitrogens with zero attached hydrogens (tertiary/aromatic N) is 1. The van der Waals surface area contributed by atoms with Crippen LogP contribution >= 0.6 is 0 Å². The molecule has 4 aromatic rings. The Labute approximate surface area is 173 Å². The maximum absolute atomic E-state index is 11.9. The Morgan fingerprint density at radius 1 is 0.900 bits per heavy atom. The van der Waals surface area contributed by atoms with E-state index in [2.05, 4.69) is 10.3 Å². The maximum atomic E-state index is 11.9. The second-order valence-corrected chi connectivity index (χ2v) is 8.26. The summed E-state index contributed by atoms with van der Waals surface area (Å²) < 4.78 is 22.9. The fraction of sp³-hybridized carbons (Fsp3) is 0. The fourth-order valence-electron chi connectivity index (χ4n) is 3.20. The van der Waals surface area contributed by atoms with Gasteiger partial charge in [0.25, 0.3) is 5.91 Å². The summed E-state index contributed by atoms with van der Waals surface area (Å²) in [6, 6.07) is 21.3. The summed E-state index contributed by atoms with van der Waals surface area (Å²) in [5, 5.41) is 9.15. The van der Waals surface area contributed by atoms with Crippen LogP contribution in [0, 0.1) is 0 Å². The van der Waals surface area contributed by atoms with Crippen molar-refractivity contribution in [2.24, 2.45) is 10.9 Å². The first-order valence-electron chi connectivity index (χ1n) is 9.01. The van der Waals surface area contributed by atoms with E-state index in [9.17, 15) is 13.2 Å². The number of sulfonamides is 1. The SMILES string of the molecule is NC(=O)c1cnc2cc(-c3ccc(S(N)(=O)=O)cc3)ccc2c1Nc1ccccc1. The zero-order valence-electron chi connectivity index (χ0n) is 15.7. The fourth-order valence-corrected chi connectivity index (χ4v) is 3.71. The molecule has 30 heavy (non-hydrogen) atoms. The molecule has 1 heterocycles. The molecule has 5 N–H and O–H groups in total. The van der Waals surface area contributed by atoms with Crippen LogP contribution in [0.15, 0.2) is 83.9 Å². The average Bonchev–Trinajstić information content (AvgIpc) is 2.73. The summed E-state index contributed by atoms with van der Waals surface area (Å²) in [6.45, 7) is 0. The highest BCUT2D eigenvalue weighted by molar-refractivity contribution is 7.89. The molecule has 0 aliphatic carbocycles. The molecular weight excluding hydrogens is 400 g/mol. The van der Waals surface area contributed by atoms with Gasteiger partial charge in [0.15, 0.2) is 0 Å². The zero-order valence-corrected chi connectivity index (χ0v) is 16.6. The highest BCUT2D eigenvalue weighted by atomic mass is 32.2. The lowest BCUT2D eigenvalue weighted by Crippen LogP contribution is -2.14. The molecule has 0 unspecified atom stereocenters. The number of anilines is 2. The van der Waals surface area contributed by atoms with Crippen LogP contribution in [-0.4, -0.2) is 19.3 Å². The number of rotatable bonds is 5. The number of nitrogens with one attached hydrogen (secondary N) is 1. The standard InChI is InChI=1S/C22H18N4O3S/c23-22(27)19-13-25-20-12-15(14-6-9-17(10-7-14)30(24,28)29)8-11-18(20)21(19)26-16-4-2-1-3-5-16/h1-13H,(H2,23,27)(H,25,26)(H2,24,28,29). The van der Waals surface area contributed by atoms with Crippen molar-refractivity contribution < 1.29 is 13.2 Å². The van der Waals surface area contributed by atoms with Crippen molar-refractivity contribution in [3.8, 4) is 11.1 Å². The van der Waals surface area contributed by atoms with Crippen LogP contribution in [0.2, 0.25) is 0 Å². The lowest BCUT2D eigenvalue weighted by atomic mass is 10.0. The third-order valence-corrected chi connectivity index (χ3v) is 5.62. The van der Waals surface area contributed by atoms with Crippen LogP contribution < -0.4 is 16.2 Å². The van der Waals surface area contributed by atoms with E-state index in [1.165, 1.54) is 18.3 Å². The summed E-state index contributed by atoms with van der Waals surface area (Å²) in [6.07, 6.45) is 1.45. The molecule has 0 bridgehead atoms. The van der Waals surface area contributed by atoms with E-state index in [1.807, 2.05) is 48.5 Å². The van der Waals surface area contributed by atoms with Crippen molar-refractivity contribution in [1.82, 2.24) is 4.98 Å². The van der Waals surface area contributed by atoms with Gasteiger partial charge in [-0.25, -0.2) is 13.6 Å². The average molecular weight is 418 g/mol. The van der Waals surface area contributed by atoms with E-state index in [4.69, 9.17) is 10.9 Å². The molecule has 0 aliphatic heterocycles. The number of nitrogens with two attached hydrogens (primary N) is 2. The lowest BCUT2D eigenvalue weighted by Gasteiger charge is -2.14. The smallest absolute Gasteiger partial charge is 0.252 e. The van der Waals surface area contributed by atoms with Crippen molar-refractivity contribution in [1.29, 1.82) is 0 Å². The predicted octanol–water partition coefficient (Wildman–Crippen LogP) is 3.39. The zero-order chi connectivity index (χ0) is 21.3. The Bertz CT molecular complexity index is 1350. The van der Waals surface area contributed by atoms with Gasteiger partial charge in [-0.05, 0) is 41.5 Å². The molecule has 0 spiro atoms. The van der Waals surface area contributed by atoms with Crippen LogP contribution in [0.4, 0.5) is 11.4 Å². The van der Waals surface area contributed by atoms with Crippen LogP contribution in [0.1, 0.15) is 10.4 Å². The number of para-hydroxylation sites is 1. The van der Waals surface area contributed by atoms with Gasteiger partial charge < -0.3 is 11.1 Å². The number of pyridine rings is 1. The number of primary amides is 1. The molecule has 3 aromatic carbocycles. The Hall–Kier alpha value is -3.75. The Kier molecular flexibility index (Phi) is 4.94. The van der Waals surface area contributed by atoms with Crippen molar-refractivity contribution in [3.63, 3.8) is 0 Å². The molecule has 150 valence electrons. The number of carbonyl (C=O) groups is 1. The first-order chi connectivity index (χ1) is 14.3. The molecule has 1 amide bonds. The Morgan fingerprint density at radius 3 is 2.20 bits per heavy atom. The number of hydrogen-bond donors (Lipinski definition) is 3. The molecule has 0 saturated heterocycles. The molecule has 8 heteroatoms. The second kappa shape index (κ2) is 7.58. The van der Waals surface area contributed by atoms with Crippen molar-refractivity contribution in [3.05, 3.63) is 84.6 Å². The summed E-state index contributed by atoms with van der Waals surface area (Å²) in [4.78, 5) is 16.4.